The Morgan fingerprint density at radius 3 is 2.64 bits per heavy atom. The Labute approximate surface area is 88.8 Å². The molecule has 2 nitrogen and oxygen atoms in total. The number of hydrogen-bond donors (Lipinski definition) is 2. The van der Waals surface area contributed by atoms with E-state index in [2.05, 4.69) is 38.3 Å². The second-order valence-corrected chi connectivity index (χ2v) is 5.83. The third kappa shape index (κ3) is 4.43. The van der Waals surface area contributed by atoms with E-state index in [9.17, 15) is 0 Å². The lowest BCUT2D eigenvalue weighted by Crippen LogP contribution is -2.38. The predicted molar refractivity (Wildman–Crippen MR) is 62.5 cm³/mol. The van der Waals surface area contributed by atoms with Crippen molar-refractivity contribution in [2.75, 3.05) is 19.6 Å². The third-order valence-electron chi connectivity index (χ3n) is 2.89. The van der Waals surface area contributed by atoms with Crippen LogP contribution in [0.2, 0.25) is 0 Å². The molecule has 84 valence electrons. The van der Waals surface area contributed by atoms with Crippen LogP contribution in [0.15, 0.2) is 0 Å². The van der Waals surface area contributed by atoms with Crippen molar-refractivity contribution in [3.05, 3.63) is 0 Å². The van der Waals surface area contributed by atoms with Crippen molar-refractivity contribution >= 4 is 0 Å². The van der Waals surface area contributed by atoms with Gasteiger partial charge in [0, 0.05) is 19.1 Å². The van der Waals surface area contributed by atoms with Crippen LogP contribution in [0, 0.1) is 11.3 Å². The van der Waals surface area contributed by atoms with E-state index in [1.165, 1.54) is 19.4 Å². The Hall–Kier alpha value is -0.0800. The van der Waals surface area contributed by atoms with Gasteiger partial charge in [0.2, 0.25) is 0 Å². The highest BCUT2D eigenvalue weighted by atomic mass is 15.0. The molecule has 1 aliphatic rings. The van der Waals surface area contributed by atoms with Gasteiger partial charge in [-0.1, -0.05) is 27.7 Å². The zero-order chi connectivity index (χ0) is 10.6. The van der Waals surface area contributed by atoms with Crippen LogP contribution in [0.1, 0.15) is 40.5 Å². The molecular formula is C12H26N2. The number of nitrogens with one attached hydrogen (secondary N) is 2. The van der Waals surface area contributed by atoms with Gasteiger partial charge in [0.05, 0.1) is 0 Å². The fourth-order valence-corrected chi connectivity index (χ4v) is 2.43. The van der Waals surface area contributed by atoms with Gasteiger partial charge in [-0.15, -0.1) is 0 Å². The Kier molecular flexibility index (Phi) is 4.39. The van der Waals surface area contributed by atoms with Gasteiger partial charge >= 0.3 is 0 Å². The lowest BCUT2D eigenvalue weighted by molar-refractivity contribution is 0.263. The largest absolute Gasteiger partial charge is 0.315 e. The first-order chi connectivity index (χ1) is 6.49. The van der Waals surface area contributed by atoms with E-state index in [4.69, 9.17) is 0 Å². The van der Waals surface area contributed by atoms with Gasteiger partial charge in [-0.25, -0.2) is 0 Å². The van der Waals surface area contributed by atoms with E-state index in [1.54, 1.807) is 0 Å². The standard InChI is InChI=1S/C12H26N2/c1-10(2)7-12(3,4)9-14-11-5-6-13-8-11/h10-11,13-14H,5-9H2,1-4H3. The van der Waals surface area contributed by atoms with Gasteiger partial charge in [-0.2, -0.15) is 0 Å². The molecule has 1 fully saturated rings. The SMILES string of the molecule is CC(C)CC(C)(C)CNC1CCNC1. The number of rotatable bonds is 5. The molecule has 0 amide bonds. The van der Waals surface area contributed by atoms with Gasteiger partial charge in [0.25, 0.3) is 0 Å². The van der Waals surface area contributed by atoms with Crippen LogP contribution >= 0.6 is 0 Å². The summed E-state index contributed by atoms with van der Waals surface area (Å²) >= 11 is 0. The summed E-state index contributed by atoms with van der Waals surface area (Å²) in [6.45, 7) is 12.8. The monoisotopic (exact) mass is 198 g/mol. The lowest BCUT2D eigenvalue weighted by atomic mass is 9.84. The highest BCUT2D eigenvalue weighted by Gasteiger charge is 2.22. The van der Waals surface area contributed by atoms with E-state index in [1.807, 2.05) is 0 Å². The van der Waals surface area contributed by atoms with Gasteiger partial charge in [0.15, 0.2) is 0 Å². The smallest absolute Gasteiger partial charge is 0.0204 e. The predicted octanol–water partition coefficient (Wildman–Crippen LogP) is 2.01. The first kappa shape index (κ1) is 12.0. The highest BCUT2D eigenvalue weighted by molar-refractivity contribution is 4.81. The zero-order valence-electron chi connectivity index (χ0n) is 10.2. The van der Waals surface area contributed by atoms with Crippen molar-refractivity contribution in [2.45, 2.75) is 46.6 Å². The molecular weight excluding hydrogens is 172 g/mol. The maximum atomic E-state index is 3.66. The minimum atomic E-state index is 0.441. The minimum Gasteiger partial charge on any atom is -0.315 e. The summed E-state index contributed by atoms with van der Waals surface area (Å²) < 4.78 is 0. The van der Waals surface area contributed by atoms with Gasteiger partial charge < -0.3 is 10.6 Å². The summed E-state index contributed by atoms with van der Waals surface area (Å²) in [5.41, 5.74) is 0.441. The first-order valence-electron chi connectivity index (χ1n) is 5.94. The number of hydrogen-bond acceptors (Lipinski definition) is 2. The van der Waals surface area contributed by atoms with Crippen LogP contribution in [0.3, 0.4) is 0 Å². The van der Waals surface area contributed by atoms with E-state index < -0.39 is 0 Å². The van der Waals surface area contributed by atoms with Crippen molar-refractivity contribution in [1.29, 1.82) is 0 Å². The molecule has 1 atom stereocenters. The molecule has 0 saturated carbocycles. The van der Waals surface area contributed by atoms with Gasteiger partial charge in [0.1, 0.15) is 0 Å². The van der Waals surface area contributed by atoms with Gasteiger partial charge in [-0.3, -0.25) is 0 Å². The Morgan fingerprint density at radius 1 is 1.43 bits per heavy atom. The average Bonchev–Trinajstić information content (AvgIpc) is 2.50. The molecule has 2 N–H and O–H groups in total. The molecule has 0 spiro atoms. The normalized spacial score (nSPS) is 23.4. The Bertz CT molecular complexity index is 158. The molecule has 1 aliphatic heterocycles. The Balaban J connectivity index is 2.20. The quantitative estimate of drug-likeness (QED) is 0.706. The average molecular weight is 198 g/mol. The minimum absolute atomic E-state index is 0.441. The molecule has 0 aromatic rings. The molecule has 1 saturated heterocycles. The van der Waals surface area contributed by atoms with Crippen LogP contribution in [0.5, 0.6) is 0 Å². The van der Waals surface area contributed by atoms with Crippen LogP contribution in [0.25, 0.3) is 0 Å². The molecule has 0 radical (unpaired) electrons. The van der Waals surface area contributed by atoms with Crippen molar-refractivity contribution in [1.82, 2.24) is 10.6 Å². The van der Waals surface area contributed by atoms with E-state index in [0.29, 0.717) is 11.5 Å². The van der Waals surface area contributed by atoms with E-state index in [0.717, 1.165) is 19.0 Å². The molecule has 0 aliphatic carbocycles. The van der Waals surface area contributed by atoms with E-state index >= 15 is 0 Å². The summed E-state index contributed by atoms with van der Waals surface area (Å²) in [7, 11) is 0. The van der Waals surface area contributed by atoms with Crippen molar-refractivity contribution in [2.24, 2.45) is 11.3 Å². The molecule has 1 heterocycles. The lowest BCUT2D eigenvalue weighted by Gasteiger charge is -2.28. The molecule has 0 aromatic carbocycles. The van der Waals surface area contributed by atoms with Crippen LogP contribution in [-0.2, 0) is 0 Å². The Morgan fingerprint density at radius 2 is 2.14 bits per heavy atom. The molecule has 0 bridgehead atoms. The maximum Gasteiger partial charge on any atom is 0.0204 e. The van der Waals surface area contributed by atoms with Crippen LogP contribution in [0.4, 0.5) is 0 Å². The van der Waals surface area contributed by atoms with Crippen LogP contribution in [-0.4, -0.2) is 25.7 Å². The summed E-state index contributed by atoms with van der Waals surface area (Å²) in [4.78, 5) is 0. The molecule has 0 aromatic heterocycles. The summed E-state index contributed by atoms with van der Waals surface area (Å²) in [5, 5.41) is 7.05. The molecule has 1 rings (SSSR count). The van der Waals surface area contributed by atoms with Crippen molar-refractivity contribution in [3.8, 4) is 0 Å². The van der Waals surface area contributed by atoms with Gasteiger partial charge in [-0.05, 0) is 30.7 Å². The van der Waals surface area contributed by atoms with Crippen molar-refractivity contribution < 1.29 is 0 Å². The molecule has 14 heavy (non-hydrogen) atoms. The topological polar surface area (TPSA) is 24.1 Å². The summed E-state index contributed by atoms with van der Waals surface area (Å²) in [6.07, 6.45) is 2.60. The third-order valence-corrected chi connectivity index (χ3v) is 2.89. The second kappa shape index (κ2) is 5.13. The summed E-state index contributed by atoms with van der Waals surface area (Å²) in [5.74, 6) is 0.800. The fourth-order valence-electron chi connectivity index (χ4n) is 2.43. The van der Waals surface area contributed by atoms with Crippen molar-refractivity contribution in [3.63, 3.8) is 0 Å². The zero-order valence-corrected chi connectivity index (χ0v) is 10.2. The first-order valence-corrected chi connectivity index (χ1v) is 5.94. The molecule has 1 unspecified atom stereocenters. The van der Waals surface area contributed by atoms with E-state index in [-0.39, 0.29) is 0 Å². The fraction of sp³-hybridized carbons (Fsp3) is 1.00. The molecule has 2 heteroatoms. The maximum absolute atomic E-state index is 3.66. The summed E-state index contributed by atoms with van der Waals surface area (Å²) in [6, 6.07) is 0.710. The second-order valence-electron chi connectivity index (χ2n) is 5.83. The highest BCUT2D eigenvalue weighted by Crippen LogP contribution is 2.24. The van der Waals surface area contributed by atoms with Crippen LogP contribution < -0.4 is 10.6 Å².